The maximum absolute atomic E-state index is 11.0. The lowest BCUT2D eigenvalue weighted by atomic mass is 9.96. The molecule has 0 radical (unpaired) electrons. The van der Waals surface area contributed by atoms with E-state index in [-0.39, 0.29) is 0 Å². The van der Waals surface area contributed by atoms with Crippen molar-refractivity contribution in [1.82, 2.24) is 9.78 Å². The molecule has 1 aromatic heterocycles. The van der Waals surface area contributed by atoms with Crippen molar-refractivity contribution in [3.63, 3.8) is 0 Å². The molecule has 1 aliphatic rings. The van der Waals surface area contributed by atoms with Gasteiger partial charge in [0.2, 0.25) is 0 Å². The van der Waals surface area contributed by atoms with Crippen molar-refractivity contribution in [3.05, 3.63) is 16.4 Å². The van der Waals surface area contributed by atoms with Crippen LogP contribution in [0.3, 0.4) is 0 Å². The Labute approximate surface area is 106 Å². The van der Waals surface area contributed by atoms with Crippen molar-refractivity contribution in [2.75, 3.05) is 7.11 Å². The number of carbonyl (C=O) groups is 1. The molecule has 1 aromatic rings. The quantitative estimate of drug-likeness (QED) is 0.778. The molecule has 1 fully saturated rings. The number of nitrogens with zero attached hydrogens (tertiary/aromatic N) is 2. The van der Waals surface area contributed by atoms with Crippen molar-refractivity contribution in [2.24, 2.45) is 0 Å². The van der Waals surface area contributed by atoms with Crippen LogP contribution in [0.4, 0.5) is 0 Å². The van der Waals surface area contributed by atoms with E-state index in [0.717, 1.165) is 19.1 Å². The van der Waals surface area contributed by atoms with E-state index < -0.39 is 0 Å². The summed E-state index contributed by atoms with van der Waals surface area (Å²) in [6.07, 6.45) is 6.63. The lowest BCUT2D eigenvalue weighted by molar-refractivity contribution is 0.111. The van der Waals surface area contributed by atoms with E-state index in [1.54, 1.807) is 11.8 Å². The van der Waals surface area contributed by atoms with Gasteiger partial charge in [0.25, 0.3) is 0 Å². The predicted molar refractivity (Wildman–Crippen MR) is 65.5 cm³/mol. The lowest BCUT2D eigenvalue weighted by Crippen LogP contribution is -2.14. The molecule has 0 unspecified atom stereocenters. The molecule has 5 heteroatoms. The van der Waals surface area contributed by atoms with Crippen LogP contribution in [-0.2, 0) is 11.3 Å². The minimum Gasteiger partial charge on any atom is -0.378 e. The van der Waals surface area contributed by atoms with Gasteiger partial charge in [-0.3, -0.25) is 4.79 Å². The molecule has 0 amide bonds. The van der Waals surface area contributed by atoms with Crippen LogP contribution < -0.4 is 0 Å². The fraction of sp³-hybridized carbons (Fsp3) is 0.667. The molecule has 0 N–H and O–H groups in total. The monoisotopic (exact) mass is 256 g/mol. The molecule has 1 saturated carbocycles. The summed E-state index contributed by atoms with van der Waals surface area (Å²) in [4.78, 5) is 11.0. The summed E-state index contributed by atoms with van der Waals surface area (Å²) in [5.74, 6) is 0. The van der Waals surface area contributed by atoms with Gasteiger partial charge < -0.3 is 4.74 Å². The molecular weight excluding hydrogens is 240 g/mol. The third kappa shape index (κ3) is 2.53. The van der Waals surface area contributed by atoms with E-state index in [4.69, 9.17) is 16.3 Å². The first kappa shape index (κ1) is 12.6. The first-order chi connectivity index (χ1) is 8.27. The minimum atomic E-state index is 0.327. The summed E-state index contributed by atoms with van der Waals surface area (Å²) in [6, 6.07) is 0.334. The Hall–Kier alpha value is -0.870. The van der Waals surface area contributed by atoms with Crippen LogP contribution >= 0.6 is 11.6 Å². The van der Waals surface area contributed by atoms with E-state index in [0.29, 0.717) is 29.1 Å². The second-order valence-electron chi connectivity index (χ2n) is 4.44. The number of hydrogen-bond donors (Lipinski definition) is 0. The van der Waals surface area contributed by atoms with Crippen molar-refractivity contribution < 1.29 is 9.53 Å². The number of carbonyl (C=O) groups excluding carboxylic acids is 1. The molecule has 0 atom stereocenters. The number of aromatic nitrogens is 2. The minimum absolute atomic E-state index is 0.327. The van der Waals surface area contributed by atoms with Crippen molar-refractivity contribution in [3.8, 4) is 0 Å². The Balaban J connectivity index is 2.29. The Kier molecular flexibility index (Phi) is 4.18. The van der Waals surface area contributed by atoms with E-state index in [1.807, 2.05) is 0 Å². The largest absolute Gasteiger partial charge is 0.378 e. The molecule has 2 rings (SSSR count). The van der Waals surface area contributed by atoms with Crippen LogP contribution in [0.2, 0.25) is 5.15 Å². The van der Waals surface area contributed by atoms with Crippen LogP contribution in [-0.4, -0.2) is 23.2 Å². The topological polar surface area (TPSA) is 44.1 Å². The zero-order chi connectivity index (χ0) is 12.3. The van der Waals surface area contributed by atoms with Crippen LogP contribution in [0.25, 0.3) is 0 Å². The van der Waals surface area contributed by atoms with E-state index >= 15 is 0 Å². The molecular formula is C12H17ClN2O2. The molecule has 0 spiro atoms. The SMILES string of the molecule is COCc1nn(C2CCCCC2)c(Cl)c1C=O. The van der Waals surface area contributed by atoms with Gasteiger partial charge in [-0.05, 0) is 12.8 Å². The summed E-state index contributed by atoms with van der Waals surface area (Å²) in [5.41, 5.74) is 1.11. The summed E-state index contributed by atoms with van der Waals surface area (Å²) in [6.45, 7) is 0.327. The highest BCUT2D eigenvalue weighted by Crippen LogP contribution is 2.32. The van der Waals surface area contributed by atoms with E-state index in [9.17, 15) is 4.79 Å². The molecule has 0 aromatic carbocycles. The maximum atomic E-state index is 11.0. The molecule has 0 bridgehead atoms. The average Bonchev–Trinajstić information content (AvgIpc) is 2.67. The van der Waals surface area contributed by atoms with Gasteiger partial charge in [0.15, 0.2) is 6.29 Å². The first-order valence-corrected chi connectivity index (χ1v) is 6.36. The lowest BCUT2D eigenvalue weighted by Gasteiger charge is -2.22. The van der Waals surface area contributed by atoms with Gasteiger partial charge in [-0.1, -0.05) is 30.9 Å². The summed E-state index contributed by atoms with van der Waals surface area (Å²) in [7, 11) is 1.59. The van der Waals surface area contributed by atoms with Gasteiger partial charge in [-0.2, -0.15) is 5.10 Å². The van der Waals surface area contributed by atoms with E-state index in [1.165, 1.54) is 19.3 Å². The highest BCUT2D eigenvalue weighted by Gasteiger charge is 2.23. The Morgan fingerprint density at radius 3 is 2.76 bits per heavy atom. The number of ether oxygens (including phenoxy) is 1. The second-order valence-corrected chi connectivity index (χ2v) is 4.80. The predicted octanol–water partition coefficient (Wildman–Crippen LogP) is 3.00. The second kappa shape index (κ2) is 5.65. The van der Waals surface area contributed by atoms with E-state index in [2.05, 4.69) is 5.10 Å². The number of rotatable bonds is 4. The Bertz CT molecular complexity index is 397. The Morgan fingerprint density at radius 2 is 2.18 bits per heavy atom. The van der Waals surface area contributed by atoms with Gasteiger partial charge in [-0.15, -0.1) is 0 Å². The smallest absolute Gasteiger partial charge is 0.155 e. The zero-order valence-corrected chi connectivity index (χ0v) is 10.7. The molecule has 4 nitrogen and oxygen atoms in total. The maximum Gasteiger partial charge on any atom is 0.155 e. The van der Waals surface area contributed by atoms with Crippen LogP contribution in [0.1, 0.15) is 54.2 Å². The standard InChI is InChI=1S/C12H17ClN2O2/c1-17-8-11-10(7-16)12(13)15(14-11)9-5-3-2-4-6-9/h7,9H,2-6,8H2,1H3. The molecule has 0 saturated heterocycles. The average molecular weight is 257 g/mol. The number of methoxy groups -OCH3 is 1. The Morgan fingerprint density at radius 1 is 1.47 bits per heavy atom. The van der Waals surface area contributed by atoms with Crippen molar-refractivity contribution in [1.29, 1.82) is 0 Å². The molecule has 0 aliphatic heterocycles. The van der Waals surface area contributed by atoms with Gasteiger partial charge in [0.05, 0.1) is 18.2 Å². The number of halogens is 1. The molecule has 17 heavy (non-hydrogen) atoms. The fourth-order valence-corrected chi connectivity index (χ4v) is 2.73. The third-order valence-electron chi connectivity index (χ3n) is 3.28. The van der Waals surface area contributed by atoms with Crippen molar-refractivity contribution in [2.45, 2.75) is 44.8 Å². The van der Waals surface area contributed by atoms with Gasteiger partial charge in [0, 0.05) is 7.11 Å². The van der Waals surface area contributed by atoms with Crippen molar-refractivity contribution >= 4 is 17.9 Å². The molecule has 94 valence electrons. The van der Waals surface area contributed by atoms with Crippen LogP contribution in [0.15, 0.2) is 0 Å². The van der Waals surface area contributed by atoms with Crippen LogP contribution in [0, 0.1) is 0 Å². The number of hydrogen-bond acceptors (Lipinski definition) is 3. The third-order valence-corrected chi connectivity index (χ3v) is 3.66. The summed E-state index contributed by atoms with van der Waals surface area (Å²) in [5, 5.41) is 4.88. The molecule has 1 heterocycles. The highest BCUT2D eigenvalue weighted by atomic mass is 35.5. The summed E-state index contributed by atoms with van der Waals surface area (Å²) >= 11 is 6.21. The van der Waals surface area contributed by atoms with Gasteiger partial charge in [-0.25, -0.2) is 4.68 Å². The highest BCUT2D eigenvalue weighted by molar-refractivity contribution is 6.32. The summed E-state index contributed by atoms with van der Waals surface area (Å²) < 4.78 is 6.84. The normalized spacial score (nSPS) is 17.3. The fourth-order valence-electron chi connectivity index (χ4n) is 2.40. The zero-order valence-electron chi connectivity index (χ0n) is 9.99. The van der Waals surface area contributed by atoms with Crippen LogP contribution in [0.5, 0.6) is 0 Å². The number of aldehydes is 1. The first-order valence-electron chi connectivity index (χ1n) is 5.99. The molecule has 1 aliphatic carbocycles. The van der Waals surface area contributed by atoms with Gasteiger partial charge in [0.1, 0.15) is 10.8 Å². The van der Waals surface area contributed by atoms with Gasteiger partial charge >= 0.3 is 0 Å².